The minimum atomic E-state index is -0.879. The van der Waals surface area contributed by atoms with Crippen molar-refractivity contribution in [1.29, 1.82) is 0 Å². The first-order chi connectivity index (χ1) is 16.6. The zero-order chi connectivity index (χ0) is 25.1. The Morgan fingerprint density at radius 1 is 0.914 bits per heavy atom. The molecule has 7 nitrogen and oxygen atoms in total. The van der Waals surface area contributed by atoms with Gasteiger partial charge in [-0.1, -0.05) is 32.0 Å². The number of aryl methyl sites for hydroxylation is 1. The highest BCUT2D eigenvalue weighted by atomic mass is 16.5. The van der Waals surface area contributed by atoms with Crippen molar-refractivity contribution < 1.29 is 23.9 Å². The van der Waals surface area contributed by atoms with Gasteiger partial charge in [-0.2, -0.15) is 0 Å². The molecule has 0 radical (unpaired) electrons. The fraction of sp³-hybridized carbons (Fsp3) is 0.429. The standard InChI is InChI=1S/C28H30N2O5/c1-16(2)23(30-25(32)19-7-5-6-8-20(19)26(30)33)27(34)29-13-11-28(12-14-29)15-22(31)21-10-9-17(3)18(4)24(21)35-28/h5-10,16,23H,11-15H2,1-4H3. The van der Waals surface area contributed by atoms with Crippen molar-refractivity contribution in [1.82, 2.24) is 9.80 Å². The van der Waals surface area contributed by atoms with Gasteiger partial charge in [0, 0.05) is 25.9 Å². The number of hydrogen-bond acceptors (Lipinski definition) is 5. The second-order valence-corrected chi connectivity index (χ2v) is 10.3. The van der Waals surface area contributed by atoms with Gasteiger partial charge < -0.3 is 9.64 Å². The first-order valence-corrected chi connectivity index (χ1v) is 12.2. The summed E-state index contributed by atoms with van der Waals surface area (Å²) in [6, 6.07) is 9.59. The summed E-state index contributed by atoms with van der Waals surface area (Å²) in [4.78, 5) is 55.6. The van der Waals surface area contributed by atoms with Crippen LogP contribution in [0.25, 0.3) is 0 Å². The zero-order valence-electron chi connectivity index (χ0n) is 20.6. The quantitative estimate of drug-likeness (QED) is 0.629. The summed E-state index contributed by atoms with van der Waals surface area (Å²) in [6.07, 6.45) is 1.32. The number of likely N-dealkylation sites (tertiary alicyclic amines) is 1. The van der Waals surface area contributed by atoms with Crippen LogP contribution in [0, 0.1) is 19.8 Å². The molecule has 0 N–H and O–H groups in total. The Morgan fingerprint density at radius 3 is 2.09 bits per heavy atom. The Kier molecular flexibility index (Phi) is 5.54. The molecule has 182 valence electrons. The topological polar surface area (TPSA) is 84.0 Å². The third-order valence-corrected chi connectivity index (χ3v) is 7.75. The fourth-order valence-electron chi connectivity index (χ4n) is 5.54. The number of piperidine rings is 1. The van der Waals surface area contributed by atoms with Gasteiger partial charge in [0.2, 0.25) is 5.91 Å². The maximum absolute atomic E-state index is 13.7. The molecule has 1 unspecified atom stereocenters. The molecule has 1 fully saturated rings. The monoisotopic (exact) mass is 474 g/mol. The van der Waals surface area contributed by atoms with Crippen molar-refractivity contribution in [3.05, 3.63) is 64.2 Å². The lowest BCUT2D eigenvalue weighted by Gasteiger charge is -2.45. The highest BCUT2D eigenvalue weighted by Crippen LogP contribution is 2.42. The normalized spacial score (nSPS) is 19.6. The van der Waals surface area contributed by atoms with Crippen LogP contribution >= 0.6 is 0 Å². The highest BCUT2D eigenvalue weighted by molar-refractivity contribution is 6.22. The molecule has 0 aromatic heterocycles. The molecule has 0 aliphatic carbocycles. The van der Waals surface area contributed by atoms with Crippen LogP contribution in [0.1, 0.15) is 75.3 Å². The van der Waals surface area contributed by atoms with Crippen LogP contribution in [-0.2, 0) is 4.79 Å². The van der Waals surface area contributed by atoms with Crippen LogP contribution in [-0.4, -0.2) is 58.0 Å². The van der Waals surface area contributed by atoms with Crippen molar-refractivity contribution in [3.8, 4) is 5.75 Å². The Balaban J connectivity index is 1.35. The van der Waals surface area contributed by atoms with Crippen molar-refractivity contribution in [2.45, 2.75) is 58.6 Å². The number of carbonyl (C=O) groups is 4. The van der Waals surface area contributed by atoms with E-state index in [4.69, 9.17) is 4.74 Å². The van der Waals surface area contributed by atoms with Crippen LogP contribution < -0.4 is 4.74 Å². The summed E-state index contributed by atoms with van der Waals surface area (Å²) in [5.74, 6) is -0.596. The number of Topliss-reactive ketones (excluding diaryl/α,β-unsaturated/α-hetero) is 1. The van der Waals surface area contributed by atoms with Crippen molar-refractivity contribution in [3.63, 3.8) is 0 Å². The fourth-order valence-corrected chi connectivity index (χ4v) is 5.54. The third kappa shape index (κ3) is 3.65. The molecule has 3 aliphatic rings. The molecule has 35 heavy (non-hydrogen) atoms. The van der Waals surface area contributed by atoms with Crippen LogP contribution in [0.3, 0.4) is 0 Å². The van der Waals surface area contributed by atoms with E-state index in [1.54, 1.807) is 29.2 Å². The lowest BCUT2D eigenvalue weighted by atomic mass is 9.81. The van der Waals surface area contributed by atoms with Gasteiger partial charge in [-0.05, 0) is 49.1 Å². The Bertz CT molecular complexity index is 1220. The minimum absolute atomic E-state index is 0.0696. The summed E-state index contributed by atoms with van der Waals surface area (Å²) in [6.45, 7) is 8.47. The van der Waals surface area contributed by atoms with Gasteiger partial charge >= 0.3 is 0 Å². The summed E-state index contributed by atoms with van der Waals surface area (Å²) in [7, 11) is 0. The Labute approximate surface area is 205 Å². The second kappa shape index (κ2) is 8.33. The van der Waals surface area contributed by atoms with Gasteiger partial charge in [-0.3, -0.25) is 24.1 Å². The number of benzene rings is 2. The summed E-state index contributed by atoms with van der Waals surface area (Å²) >= 11 is 0. The Morgan fingerprint density at radius 2 is 1.51 bits per heavy atom. The first kappa shape index (κ1) is 23.3. The SMILES string of the molecule is Cc1ccc2c(c1C)OC1(CCN(C(=O)C(C(C)C)N3C(=O)c4ccccc4C3=O)CC1)CC2=O. The number of hydrogen-bond donors (Lipinski definition) is 0. The van der Waals surface area contributed by atoms with Crippen molar-refractivity contribution >= 4 is 23.5 Å². The van der Waals surface area contributed by atoms with Crippen molar-refractivity contribution in [2.24, 2.45) is 5.92 Å². The molecule has 1 atom stereocenters. The van der Waals surface area contributed by atoms with Gasteiger partial charge in [-0.15, -0.1) is 0 Å². The number of ketones is 1. The molecule has 3 aliphatic heterocycles. The molecule has 5 rings (SSSR count). The average molecular weight is 475 g/mol. The summed E-state index contributed by atoms with van der Waals surface area (Å²) in [5, 5.41) is 0. The molecule has 3 heterocycles. The molecule has 2 aromatic carbocycles. The van der Waals surface area contributed by atoms with E-state index in [-0.39, 0.29) is 24.0 Å². The van der Waals surface area contributed by atoms with Crippen LogP contribution in [0.5, 0.6) is 5.75 Å². The number of ether oxygens (including phenoxy) is 1. The number of carbonyl (C=O) groups excluding carboxylic acids is 4. The van der Waals surface area contributed by atoms with Gasteiger partial charge in [0.05, 0.1) is 23.1 Å². The third-order valence-electron chi connectivity index (χ3n) is 7.75. The molecule has 3 amide bonds. The molecule has 1 spiro atoms. The van der Waals surface area contributed by atoms with E-state index in [9.17, 15) is 19.2 Å². The van der Waals surface area contributed by atoms with E-state index >= 15 is 0 Å². The maximum Gasteiger partial charge on any atom is 0.262 e. The zero-order valence-corrected chi connectivity index (χ0v) is 20.6. The van der Waals surface area contributed by atoms with Gasteiger partial charge in [0.1, 0.15) is 17.4 Å². The second-order valence-electron chi connectivity index (χ2n) is 10.3. The lowest BCUT2D eigenvalue weighted by Crippen LogP contribution is -2.58. The van der Waals surface area contributed by atoms with Crippen LogP contribution in [0.15, 0.2) is 36.4 Å². The maximum atomic E-state index is 13.7. The number of amides is 3. The molecule has 0 bridgehead atoms. The van der Waals surface area contributed by atoms with E-state index in [0.29, 0.717) is 48.4 Å². The minimum Gasteiger partial charge on any atom is -0.486 e. The average Bonchev–Trinajstić information content (AvgIpc) is 3.07. The van der Waals surface area contributed by atoms with Gasteiger partial charge in [0.25, 0.3) is 11.8 Å². The van der Waals surface area contributed by atoms with E-state index < -0.39 is 23.5 Å². The summed E-state index contributed by atoms with van der Waals surface area (Å²) in [5.41, 5.74) is 2.71. The molecule has 0 saturated carbocycles. The lowest BCUT2D eigenvalue weighted by molar-refractivity contribution is -0.140. The highest BCUT2D eigenvalue weighted by Gasteiger charge is 2.48. The Hall–Kier alpha value is -3.48. The molecule has 7 heteroatoms. The smallest absolute Gasteiger partial charge is 0.262 e. The number of nitrogens with zero attached hydrogens (tertiary/aromatic N) is 2. The molecule has 2 aromatic rings. The van der Waals surface area contributed by atoms with E-state index in [2.05, 4.69) is 0 Å². The number of fused-ring (bicyclic) bond motifs is 2. The summed E-state index contributed by atoms with van der Waals surface area (Å²) < 4.78 is 6.48. The predicted molar refractivity (Wildman–Crippen MR) is 130 cm³/mol. The van der Waals surface area contributed by atoms with E-state index in [0.717, 1.165) is 16.0 Å². The van der Waals surface area contributed by atoms with Gasteiger partial charge in [-0.25, -0.2) is 0 Å². The molecular weight excluding hydrogens is 444 g/mol. The van der Waals surface area contributed by atoms with E-state index in [1.165, 1.54) is 0 Å². The van der Waals surface area contributed by atoms with Crippen LogP contribution in [0.4, 0.5) is 0 Å². The molecular formula is C28H30N2O5. The van der Waals surface area contributed by atoms with Gasteiger partial charge in [0.15, 0.2) is 5.78 Å². The van der Waals surface area contributed by atoms with Crippen LogP contribution in [0.2, 0.25) is 0 Å². The predicted octanol–water partition coefficient (Wildman–Crippen LogP) is 3.95. The largest absolute Gasteiger partial charge is 0.486 e. The number of rotatable bonds is 3. The first-order valence-electron chi connectivity index (χ1n) is 12.2. The number of imide groups is 1. The molecule has 1 saturated heterocycles. The van der Waals surface area contributed by atoms with E-state index in [1.807, 2.05) is 39.8 Å². The van der Waals surface area contributed by atoms with Crippen molar-refractivity contribution in [2.75, 3.05) is 13.1 Å².